The standard InChI is InChI=1S/C24H26N2O4S/c1-16-8-9-19(14-17(16)2)18(3)25-24(27)20-6-5-7-21(15-20)26-31(28,29)23-12-10-22(30-4)11-13-23/h5-15,18,26H,1-4H3,(H,25,27)/t18-/m1/s1. The highest BCUT2D eigenvalue weighted by atomic mass is 32.2. The quantitative estimate of drug-likeness (QED) is 0.564. The van der Waals surface area contributed by atoms with Crippen LogP contribution >= 0.6 is 0 Å². The molecule has 0 aliphatic heterocycles. The molecule has 162 valence electrons. The average Bonchev–Trinajstić information content (AvgIpc) is 2.75. The van der Waals surface area contributed by atoms with Crippen molar-refractivity contribution in [1.82, 2.24) is 5.32 Å². The Bertz CT molecular complexity index is 1190. The van der Waals surface area contributed by atoms with Gasteiger partial charge >= 0.3 is 0 Å². The minimum absolute atomic E-state index is 0.103. The number of nitrogens with one attached hydrogen (secondary N) is 2. The van der Waals surface area contributed by atoms with E-state index in [2.05, 4.69) is 16.1 Å². The topological polar surface area (TPSA) is 84.5 Å². The molecule has 1 atom stereocenters. The third-order valence-corrected chi connectivity index (χ3v) is 6.52. The smallest absolute Gasteiger partial charge is 0.261 e. The van der Waals surface area contributed by atoms with Gasteiger partial charge in [-0.25, -0.2) is 8.42 Å². The van der Waals surface area contributed by atoms with Crippen LogP contribution < -0.4 is 14.8 Å². The van der Waals surface area contributed by atoms with Crippen LogP contribution in [0.25, 0.3) is 0 Å². The van der Waals surface area contributed by atoms with Gasteiger partial charge in [-0.3, -0.25) is 9.52 Å². The van der Waals surface area contributed by atoms with Crippen molar-refractivity contribution in [3.05, 3.63) is 89.0 Å². The lowest BCUT2D eigenvalue weighted by Gasteiger charge is -2.16. The fourth-order valence-corrected chi connectivity index (χ4v) is 4.14. The van der Waals surface area contributed by atoms with E-state index in [4.69, 9.17) is 4.74 Å². The van der Waals surface area contributed by atoms with Crippen molar-refractivity contribution >= 4 is 21.6 Å². The predicted octanol–water partition coefficient (Wildman–Crippen LogP) is 4.60. The maximum atomic E-state index is 12.7. The summed E-state index contributed by atoms with van der Waals surface area (Å²) in [6.07, 6.45) is 0. The van der Waals surface area contributed by atoms with E-state index in [9.17, 15) is 13.2 Å². The van der Waals surface area contributed by atoms with E-state index in [1.54, 1.807) is 30.3 Å². The molecule has 3 aromatic carbocycles. The highest BCUT2D eigenvalue weighted by molar-refractivity contribution is 7.92. The Hall–Kier alpha value is -3.32. The lowest BCUT2D eigenvalue weighted by atomic mass is 10.0. The summed E-state index contributed by atoms with van der Waals surface area (Å²) < 4.78 is 32.9. The van der Waals surface area contributed by atoms with Crippen molar-refractivity contribution in [2.45, 2.75) is 31.7 Å². The number of methoxy groups -OCH3 is 1. The average molecular weight is 439 g/mol. The largest absolute Gasteiger partial charge is 0.497 e. The summed E-state index contributed by atoms with van der Waals surface area (Å²) in [7, 11) is -2.28. The normalized spacial score (nSPS) is 12.1. The lowest BCUT2D eigenvalue weighted by Crippen LogP contribution is -2.26. The number of rotatable bonds is 7. The first-order chi connectivity index (χ1) is 14.7. The molecule has 2 N–H and O–H groups in total. The molecule has 0 aliphatic carbocycles. The molecule has 0 bridgehead atoms. The number of hydrogen-bond donors (Lipinski definition) is 2. The molecule has 3 aromatic rings. The Kier molecular flexibility index (Phi) is 6.65. The van der Waals surface area contributed by atoms with E-state index in [0.717, 1.165) is 11.1 Å². The van der Waals surface area contributed by atoms with Crippen LogP contribution in [0.3, 0.4) is 0 Å². The van der Waals surface area contributed by atoms with Gasteiger partial charge in [0.15, 0.2) is 0 Å². The van der Waals surface area contributed by atoms with Gasteiger partial charge in [0.2, 0.25) is 0 Å². The van der Waals surface area contributed by atoms with Gasteiger partial charge in [-0.2, -0.15) is 0 Å². The molecule has 0 saturated heterocycles. The van der Waals surface area contributed by atoms with Crippen LogP contribution in [0.2, 0.25) is 0 Å². The number of aryl methyl sites for hydroxylation is 2. The van der Waals surface area contributed by atoms with Crippen LogP contribution in [-0.4, -0.2) is 21.4 Å². The molecule has 31 heavy (non-hydrogen) atoms. The molecule has 6 nitrogen and oxygen atoms in total. The summed E-state index contributed by atoms with van der Waals surface area (Å²) in [6.45, 7) is 5.99. The number of carbonyl (C=O) groups excluding carboxylic acids is 1. The van der Waals surface area contributed by atoms with Crippen molar-refractivity contribution in [2.24, 2.45) is 0 Å². The zero-order valence-corrected chi connectivity index (χ0v) is 18.8. The first kappa shape index (κ1) is 22.4. The second kappa shape index (κ2) is 9.22. The Morgan fingerprint density at radius 2 is 1.65 bits per heavy atom. The number of carbonyl (C=O) groups is 1. The maximum Gasteiger partial charge on any atom is 0.261 e. The van der Waals surface area contributed by atoms with Gasteiger partial charge in [0.25, 0.3) is 15.9 Å². The Morgan fingerprint density at radius 1 is 0.935 bits per heavy atom. The molecule has 7 heteroatoms. The highest BCUT2D eigenvalue weighted by Crippen LogP contribution is 2.21. The minimum Gasteiger partial charge on any atom is -0.497 e. The van der Waals surface area contributed by atoms with E-state index >= 15 is 0 Å². The maximum absolute atomic E-state index is 12.7. The van der Waals surface area contributed by atoms with E-state index in [1.165, 1.54) is 30.9 Å². The number of ether oxygens (including phenoxy) is 1. The van der Waals surface area contributed by atoms with Gasteiger partial charge in [0.1, 0.15) is 5.75 Å². The summed E-state index contributed by atoms with van der Waals surface area (Å²) in [5.74, 6) is 0.284. The number of sulfonamides is 1. The molecular weight excluding hydrogens is 412 g/mol. The lowest BCUT2D eigenvalue weighted by molar-refractivity contribution is 0.0940. The fraction of sp³-hybridized carbons (Fsp3) is 0.208. The van der Waals surface area contributed by atoms with Crippen molar-refractivity contribution < 1.29 is 17.9 Å². The first-order valence-corrected chi connectivity index (χ1v) is 11.3. The number of hydrogen-bond acceptors (Lipinski definition) is 4. The molecule has 0 aliphatic rings. The van der Waals surface area contributed by atoms with Gasteiger partial charge < -0.3 is 10.1 Å². The molecule has 0 fully saturated rings. The number of benzene rings is 3. The summed E-state index contributed by atoms with van der Waals surface area (Å²) in [4.78, 5) is 12.8. The highest BCUT2D eigenvalue weighted by Gasteiger charge is 2.16. The Morgan fingerprint density at radius 3 is 2.29 bits per heavy atom. The van der Waals surface area contributed by atoms with Gasteiger partial charge in [-0.15, -0.1) is 0 Å². The van der Waals surface area contributed by atoms with E-state index < -0.39 is 10.0 Å². The molecular formula is C24H26N2O4S. The van der Waals surface area contributed by atoms with Crippen LogP contribution in [-0.2, 0) is 10.0 Å². The zero-order valence-electron chi connectivity index (χ0n) is 18.0. The monoisotopic (exact) mass is 438 g/mol. The van der Waals surface area contributed by atoms with Crippen LogP contribution in [0, 0.1) is 13.8 Å². The molecule has 1 amide bonds. The molecule has 0 spiro atoms. The van der Waals surface area contributed by atoms with Crippen molar-refractivity contribution in [1.29, 1.82) is 0 Å². The zero-order chi connectivity index (χ0) is 22.6. The van der Waals surface area contributed by atoms with Crippen molar-refractivity contribution in [3.63, 3.8) is 0 Å². The molecule has 0 saturated carbocycles. The van der Waals surface area contributed by atoms with Crippen LogP contribution in [0.5, 0.6) is 5.75 Å². The summed E-state index contributed by atoms with van der Waals surface area (Å²) >= 11 is 0. The molecule has 0 heterocycles. The Balaban J connectivity index is 1.74. The number of anilines is 1. The molecule has 0 aromatic heterocycles. The van der Waals surface area contributed by atoms with E-state index in [0.29, 0.717) is 17.0 Å². The van der Waals surface area contributed by atoms with Crippen LogP contribution in [0.1, 0.15) is 40.0 Å². The minimum atomic E-state index is -3.79. The van der Waals surface area contributed by atoms with Crippen molar-refractivity contribution in [2.75, 3.05) is 11.8 Å². The second-order valence-corrected chi connectivity index (χ2v) is 9.08. The third-order valence-electron chi connectivity index (χ3n) is 5.13. The third kappa shape index (κ3) is 5.44. The summed E-state index contributed by atoms with van der Waals surface area (Å²) in [5.41, 5.74) is 4.04. The fourth-order valence-electron chi connectivity index (χ4n) is 3.09. The van der Waals surface area contributed by atoms with Crippen molar-refractivity contribution in [3.8, 4) is 5.75 Å². The van der Waals surface area contributed by atoms with Crippen LogP contribution in [0.15, 0.2) is 71.6 Å². The van der Waals surface area contributed by atoms with Gasteiger partial charge in [-0.1, -0.05) is 24.3 Å². The summed E-state index contributed by atoms with van der Waals surface area (Å²) in [6, 6.07) is 18.4. The van der Waals surface area contributed by atoms with Gasteiger partial charge in [0, 0.05) is 11.3 Å². The van der Waals surface area contributed by atoms with Gasteiger partial charge in [-0.05, 0) is 79.9 Å². The van der Waals surface area contributed by atoms with Gasteiger partial charge in [0.05, 0.1) is 18.0 Å². The SMILES string of the molecule is COc1ccc(S(=O)(=O)Nc2cccc(C(=O)N[C@H](C)c3ccc(C)c(C)c3)c2)cc1. The van der Waals surface area contributed by atoms with E-state index in [-0.39, 0.29) is 16.8 Å². The second-order valence-electron chi connectivity index (χ2n) is 7.40. The Labute approximate surface area is 183 Å². The predicted molar refractivity (Wildman–Crippen MR) is 122 cm³/mol. The van der Waals surface area contributed by atoms with Crippen LogP contribution in [0.4, 0.5) is 5.69 Å². The molecule has 0 radical (unpaired) electrons. The van der Waals surface area contributed by atoms with E-state index in [1.807, 2.05) is 32.9 Å². The first-order valence-electron chi connectivity index (χ1n) is 9.84. The number of amides is 1. The molecule has 0 unspecified atom stereocenters. The molecule has 3 rings (SSSR count). The summed E-state index contributed by atoms with van der Waals surface area (Å²) in [5, 5.41) is 2.96.